The van der Waals surface area contributed by atoms with Gasteiger partial charge in [-0.1, -0.05) is 42.8 Å². The van der Waals surface area contributed by atoms with E-state index in [9.17, 15) is 5.11 Å². The van der Waals surface area contributed by atoms with E-state index < -0.39 is 0 Å². The number of aliphatic hydroxyl groups excluding tert-OH is 1. The Morgan fingerprint density at radius 3 is 2.65 bits per heavy atom. The van der Waals surface area contributed by atoms with Crippen molar-refractivity contribution in [1.29, 1.82) is 0 Å². The predicted molar refractivity (Wildman–Crippen MR) is 70.8 cm³/mol. The number of hydrogen-bond donors (Lipinski definition) is 1. The summed E-state index contributed by atoms with van der Waals surface area (Å²) in [5.41, 5.74) is 1.15. The molecule has 2 nitrogen and oxygen atoms in total. The van der Waals surface area contributed by atoms with E-state index in [0.717, 1.165) is 31.2 Å². The lowest BCUT2D eigenvalue weighted by Gasteiger charge is -2.15. The van der Waals surface area contributed by atoms with Crippen molar-refractivity contribution >= 4 is 0 Å². The van der Waals surface area contributed by atoms with Gasteiger partial charge in [-0.05, 0) is 24.8 Å². The molecule has 0 spiro atoms. The molecular weight excluding hydrogens is 212 g/mol. The molecule has 0 aromatic heterocycles. The van der Waals surface area contributed by atoms with Gasteiger partial charge in [0.25, 0.3) is 0 Å². The Hall–Kier alpha value is -1.12. The van der Waals surface area contributed by atoms with Crippen LogP contribution in [0.4, 0.5) is 0 Å². The number of unbranched alkanes of at least 4 members (excludes halogenated alkanes) is 2. The second-order valence-corrected chi connectivity index (χ2v) is 4.17. The minimum atomic E-state index is -0.0416. The molecule has 1 atom stereocenters. The molecule has 0 saturated heterocycles. The lowest BCUT2D eigenvalue weighted by atomic mass is 10.1. The van der Waals surface area contributed by atoms with E-state index in [1.54, 1.807) is 0 Å². The van der Waals surface area contributed by atoms with E-state index >= 15 is 0 Å². The van der Waals surface area contributed by atoms with Crippen LogP contribution in [0.3, 0.4) is 0 Å². The quantitative estimate of drug-likeness (QED) is 0.524. The summed E-state index contributed by atoms with van der Waals surface area (Å²) in [4.78, 5) is 0. The average molecular weight is 234 g/mol. The monoisotopic (exact) mass is 234 g/mol. The molecule has 1 rings (SSSR count). The zero-order chi connectivity index (χ0) is 12.3. The minimum absolute atomic E-state index is 0.0416. The molecule has 0 aliphatic rings. The minimum Gasteiger partial charge on any atom is -0.394 e. The Kier molecular flexibility index (Phi) is 7.35. The van der Waals surface area contributed by atoms with Crippen molar-refractivity contribution in [1.82, 2.24) is 0 Å². The molecule has 0 amide bonds. The molecule has 0 saturated carbocycles. The molecule has 2 heteroatoms. The SMILES string of the molecule is C=CCCCC[C@H](CO)OCc1ccccc1. The molecule has 0 aliphatic heterocycles. The summed E-state index contributed by atoms with van der Waals surface area (Å²) >= 11 is 0. The van der Waals surface area contributed by atoms with E-state index in [-0.39, 0.29) is 12.7 Å². The van der Waals surface area contributed by atoms with Crippen molar-refractivity contribution in [2.45, 2.75) is 38.4 Å². The highest BCUT2D eigenvalue weighted by atomic mass is 16.5. The number of allylic oxidation sites excluding steroid dienone is 1. The van der Waals surface area contributed by atoms with Gasteiger partial charge in [0, 0.05) is 0 Å². The van der Waals surface area contributed by atoms with Crippen LogP contribution in [-0.2, 0) is 11.3 Å². The van der Waals surface area contributed by atoms with E-state index in [2.05, 4.69) is 6.58 Å². The molecule has 0 unspecified atom stereocenters. The summed E-state index contributed by atoms with van der Waals surface area (Å²) in [6.07, 6.45) is 6.04. The number of benzene rings is 1. The fourth-order valence-corrected chi connectivity index (χ4v) is 1.68. The Balaban J connectivity index is 2.20. The topological polar surface area (TPSA) is 29.5 Å². The van der Waals surface area contributed by atoms with Crippen LogP contribution < -0.4 is 0 Å². The Labute approximate surface area is 104 Å². The summed E-state index contributed by atoms with van der Waals surface area (Å²) in [5, 5.41) is 9.22. The van der Waals surface area contributed by atoms with Gasteiger partial charge in [-0.25, -0.2) is 0 Å². The first-order chi connectivity index (χ1) is 8.36. The van der Waals surface area contributed by atoms with Crippen LogP contribution in [0.1, 0.15) is 31.2 Å². The molecule has 17 heavy (non-hydrogen) atoms. The van der Waals surface area contributed by atoms with Gasteiger partial charge in [0.05, 0.1) is 19.3 Å². The van der Waals surface area contributed by atoms with Crippen LogP contribution in [0.2, 0.25) is 0 Å². The third-order valence-corrected chi connectivity index (χ3v) is 2.72. The highest BCUT2D eigenvalue weighted by Crippen LogP contribution is 2.10. The largest absolute Gasteiger partial charge is 0.394 e. The van der Waals surface area contributed by atoms with Gasteiger partial charge >= 0.3 is 0 Å². The second kappa shape index (κ2) is 8.97. The molecule has 1 aromatic carbocycles. The first kappa shape index (κ1) is 13.9. The number of ether oxygens (including phenoxy) is 1. The fraction of sp³-hybridized carbons (Fsp3) is 0.467. The molecule has 1 N–H and O–H groups in total. The van der Waals surface area contributed by atoms with Crippen molar-refractivity contribution in [2.24, 2.45) is 0 Å². The summed E-state index contributed by atoms with van der Waals surface area (Å²) in [6.45, 7) is 4.37. The van der Waals surface area contributed by atoms with Crippen molar-refractivity contribution in [3.63, 3.8) is 0 Å². The summed E-state index contributed by atoms with van der Waals surface area (Å²) in [6, 6.07) is 10.0. The van der Waals surface area contributed by atoms with E-state index in [0.29, 0.717) is 6.61 Å². The van der Waals surface area contributed by atoms with E-state index in [4.69, 9.17) is 4.74 Å². The lowest BCUT2D eigenvalue weighted by Crippen LogP contribution is -2.17. The van der Waals surface area contributed by atoms with E-state index in [1.807, 2.05) is 36.4 Å². The summed E-state index contributed by atoms with van der Waals surface area (Å²) in [7, 11) is 0. The van der Waals surface area contributed by atoms with Gasteiger partial charge in [-0.15, -0.1) is 6.58 Å². The van der Waals surface area contributed by atoms with Gasteiger partial charge in [-0.3, -0.25) is 0 Å². The third kappa shape index (κ3) is 6.25. The Morgan fingerprint density at radius 1 is 1.24 bits per heavy atom. The van der Waals surface area contributed by atoms with Crippen LogP contribution in [0.15, 0.2) is 43.0 Å². The van der Waals surface area contributed by atoms with Crippen LogP contribution in [-0.4, -0.2) is 17.8 Å². The molecule has 0 bridgehead atoms. The molecule has 1 aromatic rings. The zero-order valence-corrected chi connectivity index (χ0v) is 10.3. The van der Waals surface area contributed by atoms with Crippen LogP contribution >= 0.6 is 0 Å². The number of rotatable bonds is 9. The van der Waals surface area contributed by atoms with Gasteiger partial charge in [-0.2, -0.15) is 0 Å². The van der Waals surface area contributed by atoms with Crippen LogP contribution in [0.25, 0.3) is 0 Å². The third-order valence-electron chi connectivity index (χ3n) is 2.72. The maximum atomic E-state index is 9.22. The average Bonchev–Trinajstić information content (AvgIpc) is 2.39. The van der Waals surface area contributed by atoms with Gasteiger partial charge in [0.1, 0.15) is 0 Å². The Bertz CT molecular complexity index is 295. The van der Waals surface area contributed by atoms with Crippen molar-refractivity contribution in [3.8, 4) is 0 Å². The summed E-state index contributed by atoms with van der Waals surface area (Å²) < 4.78 is 5.68. The van der Waals surface area contributed by atoms with Gasteiger partial charge in [0.2, 0.25) is 0 Å². The van der Waals surface area contributed by atoms with Gasteiger partial charge < -0.3 is 9.84 Å². The van der Waals surface area contributed by atoms with Gasteiger partial charge in [0.15, 0.2) is 0 Å². The van der Waals surface area contributed by atoms with Crippen LogP contribution in [0, 0.1) is 0 Å². The Morgan fingerprint density at radius 2 is 2.00 bits per heavy atom. The predicted octanol–water partition coefficient (Wildman–Crippen LogP) is 3.31. The van der Waals surface area contributed by atoms with Crippen LogP contribution in [0.5, 0.6) is 0 Å². The smallest absolute Gasteiger partial charge is 0.0810 e. The number of aliphatic hydroxyl groups is 1. The second-order valence-electron chi connectivity index (χ2n) is 4.17. The fourth-order valence-electron chi connectivity index (χ4n) is 1.68. The van der Waals surface area contributed by atoms with E-state index in [1.165, 1.54) is 0 Å². The highest BCUT2D eigenvalue weighted by molar-refractivity contribution is 5.13. The molecule has 0 aliphatic carbocycles. The normalized spacial score (nSPS) is 12.3. The van der Waals surface area contributed by atoms with Crippen molar-refractivity contribution in [3.05, 3.63) is 48.6 Å². The molecule has 0 radical (unpaired) electrons. The molecular formula is C15H22O2. The zero-order valence-electron chi connectivity index (χ0n) is 10.3. The maximum absolute atomic E-state index is 9.22. The molecule has 0 fully saturated rings. The first-order valence-electron chi connectivity index (χ1n) is 6.24. The highest BCUT2D eigenvalue weighted by Gasteiger charge is 2.07. The summed E-state index contributed by atoms with van der Waals surface area (Å²) in [5.74, 6) is 0. The van der Waals surface area contributed by atoms with Crippen molar-refractivity contribution < 1.29 is 9.84 Å². The maximum Gasteiger partial charge on any atom is 0.0810 e. The molecule has 94 valence electrons. The first-order valence-corrected chi connectivity index (χ1v) is 6.24. The standard InChI is InChI=1S/C15H22O2/c1-2-3-4-8-11-15(12-16)17-13-14-9-6-5-7-10-14/h2,5-7,9-10,15-16H,1,3-4,8,11-13H2/t15-/m1/s1. The van der Waals surface area contributed by atoms with Crippen molar-refractivity contribution in [2.75, 3.05) is 6.61 Å². The molecule has 0 heterocycles. The number of hydrogen-bond acceptors (Lipinski definition) is 2. The lowest BCUT2D eigenvalue weighted by molar-refractivity contribution is -0.00336.